The zero-order valence-electron chi connectivity index (χ0n) is 10.5. The van der Waals surface area contributed by atoms with Crippen molar-refractivity contribution in [3.05, 3.63) is 71.8 Å². The fourth-order valence-electron chi connectivity index (χ4n) is 1.54. The average molecular weight is 293 g/mol. The Hall–Kier alpha value is -1.62. The van der Waals surface area contributed by atoms with Gasteiger partial charge in [-0.3, -0.25) is 0 Å². The highest BCUT2D eigenvalue weighted by molar-refractivity contribution is 7.33. The molecule has 0 heterocycles. The van der Waals surface area contributed by atoms with Crippen LogP contribution in [0.4, 0.5) is 0 Å². The van der Waals surface area contributed by atoms with Crippen molar-refractivity contribution in [1.82, 2.24) is 0 Å². The van der Waals surface area contributed by atoms with Gasteiger partial charge in [0.25, 0.3) is 0 Å². The van der Waals surface area contributed by atoms with Crippen molar-refractivity contribution >= 4 is 8.25 Å². The molecule has 20 heavy (non-hydrogen) atoms. The lowest BCUT2D eigenvalue weighted by atomic mass is 10.2. The third-order valence-corrected chi connectivity index (χ3v) is 3.28. The summed E-state index contributed by atoms with van der Waals surface area (Å²) < 4.78 is 21.2. The minimum absolute atomic E-state index is 0.452. The highest BCUT2D eigenvalue weighted by Gasteiger charge is 2.31. The van der Waals surface area contributed by atoms with Crippen molar-refractivity contribution in [1.29, 1.82) is 0 Å². The number of benzene rings is 2. The Kier molecular flexibility index (Phi) is 5.35. The van der Waals surface area contributed by atoms with E-state index < -0.39 is 20.8 Å². The maximum Gasteiger partial charge on any atom is 0.703 e. The van der Waals surface area contributed by atoms with E-state index in [1.807, 2.05) is 0 Å². The first-order valence-electron chi connectivity index (χ1n) is 5.93. The Labute approximate surface area is 117 Å². The summed E-state index contributed by atoms with van der Waals surface area (Å²) in [7, 11) is -2.66. The molecule has 2 aromatic rings. The molecule has 2 unspecified atom stereocenters. The minimum atomic E-state index is -2.66. The van der Waals surface area contributed by atoms with Crippen LogP contribution in [-0.4, -0.2) is 10.2 Å². The largest absolute Gasteiger partial charge is 0.703 e. The van der Waals surface area contributed by atoms with Crippen molar-refractivity contribution in [2.45, 2.75) is 12.6 Å². The molecule has 2 atom stereocenters. The number of aliphatic hydroxyl groups is 2. The Morgan fingerprint density at radius 2 is 1.10 bits per heavy atom. The third kappa shape index (κ3) is 4.20. The van der Waals surface area contributed by atoms with E-state index in [-0.39, 0.29) is 0 Å². The van der Waals surface area contributed by atoms with Gasteiger partial charge in [-0.15, -0.1) is 0 Å². The number of aliphatic hydroxyl groups excluding tert-OH is 2. The van der Waals surface area contributed by atoms with Gasteiger partial charge in [-0.05, 0) is 0 Å². The van der Waals surface area contributed by atoms with E-state index in [0.717, 1.165) is 0 Å². The molecule has 0 aromatic heterocycles. The Morgan fingerprint density at radius 3 is 1.45 bits per heavy atom. The van der Waals surface area contributed by atoms with Crippen LogP contribution in [-0.2, 0) is 13.6 Å². The standard InChI is InChI=1S/C14H14O5P/c15-13(11-7-3-1-4-8-11)18-20(17)19-14(16)12-9-5-2-6-10-12/h1-10,13-16H/q+1. The molecule has 104 valence electrons. The summed E-state index contributed by atoms with van der Waals surface area (Å²) in [6.45, 7) is 0. The molecule has 0 fully saturated rings. The fourth-order valence-corrected chi connectivity index (χ4v) is 2.16. The zero-order chi connectivity index (χ0) is 14.4. The van der Waals surface area contributed by atoms with E-state index in [4.69, 9.17) is 9.05 Å². The molecule has 0 bridgehead atoms. The molecule has 0 saturated carbocycles. The highest BCUT2D eigenvalue weighted by Crippen LogP contribution is 2.36. The second kappa shape index (κ2) is 7.24. The van der Waals surface area contributed by atoms with Gasteiger partial charge in [-0.1, -0.05) is 69.7 Å². The van der Waals surface area contributed by atoms with Gasteiger partial charge >= 0.3 is 8.25 Å². The maximum atomic E-state index is 11.6. The predicted molar refractivity (Wildman–Crippen MR) is 72.6 cm³/mol. The smallest absolute Gasteiger partial charge is 0.361 e. The monoisotopic (exact) mass is 293 g/mol. The maximum absolute atomic E-state index is 11.6. The molecule has 0 aliphatic heterocycles. The van der Waals surface area contributed by atoms with Crippen LogP contribution < -0.4 is 0 Å². The first-order valence-corrected chi connectivity index (χ1v) is 7.03. The molecule has 0 amide bonds. The quantitative estimate of drug-likeness (QED) is 0.632. The van der Waals surface area contributed by atoms with Crippen molar-refractivity contribution in [2.75, 3.05) is 0 Å². The van der Waals surface area contributed by atoms with Gasteiger partial charge in [0.2, 0.25) is 12.6 Å². The van der Waals surface area contributed by atoms with Crippen LogP contribution in [0, 0.1) is 0 Å². The highest BCUT2D eigenvalue weighted by atomic mass is 31.1. The Bertz CT molecular complexity index is 497. The van der Waals surface area contributed by atoms with Crippen molar-refractivity contribution in [3.8, 4) is 0 Å². The van der Waals surface area contributed by atoms with Crippen molar-refractivity contribution < 1.29 is 23.8 Å². The summed E-state index contributed by atoms with van der Waals surface area (Å²) in [4.78, 5) is 0. The molecule has 2 rings (SSSR count). The molecule has 2 aromatic carbocycles. The van der Waals surface area contributed by atoms with Crippen LogP contribution in [0.3, 0.4) is 0 Å². The first kappa shape index (κ1) is 14.8. The molecule has 0 aliphatic carbocycles. The first-order chi connectivity index (χ1) is 9.66. The lowest BCUT2D eigenvalue weighted by molar-refractivity contribution is -0.0619. The third-order valence-electron chi connectivity index (χ3n) is 2.54. The Morgan fingerprint density at radius 1 is 0.750 bits per heavy atom. The van der Waals surface area contributed by atoms with Crippen LogP contribution in [0.2, 0.25) is 0 Å². The summed E-state index contributed by atoms with van der Waals surface area (Å²) in [6, 6.07) is 16.9. The predicted octanol–water partition coefficient (Wildman–Crippen LogP) is 3.06. The summed E-state index contributed by atoms with van der Waals surface area (Å²) in [6.07, 6.45) is -2.74. The van der Waals surface area contributed by atoms with Gasteiger partial charge in [0.15, 0.2) is 0 Å². The lowest BCUT2D eigenvalue weighted by Gasteiger charge is -2.05. The van der Waals surface area contributed by atoms with E-state index in [1.165, 1.54) is 0 Å². The molecule has 0 saturated heterocycles. The van der Waals surface area contributed by atoms with E-state index in [2.05, 4.69) is 0 Å². The van der Waals surface area contributed by atoms with Gasteiger partial charge in [0.1, 0.15) is 0 Å². The van der Waals surface area contributed by atoms with E-state index in [9.17, 15) is 14.8 Å². The second-order valence-electron chi connectivity index (χ2n) is 3.96. The summed E-state index contributed by atoms with van der Waals surface area (Å²) in [5.41, 5.74) is 0.905. The van der Waals surface area contributed by atoms with Gasteiger partial charge in [-0.25, -0.2) is 0 Å². The summed E-state index contributed by atoms with van der Waals surface area (Å²) in [5.74, 6) is 0. The lowest BCUT2D eigenvalue weighted by Crippen LogP contribution is -2.02. The second-order valence-corrected chi connectivity index (χ2v) is 4.83. The van der Waals surface area contributed by atoms with Gasteiger partial charge in [0.05, 0.1) is 0 Å². The van der Waals surface area contributed by atoms with Crippen LogP contribution in [0.5, 0.6) is 0 Å². The van der Waals surface area contributed by atoms with E-state index in [1.54, 1.807) is 60.7 Å². The normalized spacial score (nSPS) is 14.6. The number of rotatable bonds is 6. The number of hydrogen-bond acceptors (Lipinski definition) is 5. The number of hydrogen-bond donors (Lipinski definition) is 2. The van der Waals surface area contributed by atoms with E-state index in [0.29, 0.717) is 11.1 Å². The molecular weight excluding hydrogens is 279 g/mol. The van der Waals surface area contributed by atoms with E-state index >= 15 is 0 Å². The van der Waals surface area contributed by atoms with Crippen molar-refractivity contribution in [3.63, 3.8) is 0 Å². The molecule has 6 heteroatoms. The molecule has 0 radical (unpaired) electrons. The fraction of sp³-hybridized carbons (Fsp3) is 0.143. The van der Waals surface area contributed by atoms with Gasteiger partial charge < -0.3 is 10.2 Å². The summed E-state index contributed by atoms with van der Waals surface area (Å²) >= 11 is 0. The SMILES string of the molecule is O=[P+](OC(O)c1ccccc1)OC(O)c1ccccc1. The Balaban J connectivity index is 1.90. The molecule has 0 aliphatic rings. The zero-order valence-corrected chi connectivity index (χ0v) is 11.4. The van der Waals surface area contributed by atoms with Crippen LogP contribution in [0.15, 0.2) is 60.7 Å². The molecule has 5 nitrogen and oxygen atoms in total. The van der Waals surface area contributed by atoms with Crippen LogP contribution in [0.1, 0.15) is 23.7 Å². The average Bonchev–Trinajstić information content (AvgIpc) is 2.49. The molecule has 0 spiro atoms. The minimum Gasteiger partial charge on any atom is -0.361 e. The van der Waals surface area contributed by atoms with Gasteiger partial charge in [-0.2, -0.15) is 0 Å². The summed E-state index contributed by atoms with van der Waals surface area (Å²) in [5, 5.41) is 19.4. The van der Waals surface area contributed by atoms with Crippen molar-refractivity contribution in [2.24, 2.45) is 0 Å². The molecule has 2 N–H and O–H groups in total. The van der Waals surface area contributed by atoms with Crippen LogP contribution in [0.25, 0.3) is 0 Å². The molecular formula is C14H14O5P+. The van der Waals surface area contributed by atoms with Gasteiger partial charge in [0, 0.05) is 15.7 Å². The topological polar surface area (TPSA) is 76.0 Å². The van der Waals surface area contributed by atoms with Crippen LogP contribution >= 0.6 is 8.25 Å².